The summed E-state index contributed by atoms with van der Waals surface area (Å²) in [5.74, 6) is 1.08. The molecule has 1 aromatic heterocycles. The summed E-state index contributed by atoms with van der Waals surface area (Å²) >= 11 is 5.82. The lowest BCUT2D eigenvalue weighted by molar-refractivity contribution is 0.0536. The molecule has 0 radical (unpaired) electrons. The third-order valence-corrected chi connectivity index (χ3v) is 2.65. The van der Waals surface area contributed by atoms with Gasteiger partial charge in [0.1, 0.15) is 6.61 Å². The Balaban J connectivity index is 2.36. The fraction of sp³-hybridized carbons (Fsp3) is 0.615. The van der Waals surface area contributed by atoms with E-state index in [0.29, 0.717) is 38.2 Å². The fourth-order valence-electron chi connectivity index (χ4n) is 1.40. The summed E-state index contributed by atoms with van der Waals surface area (Å²) in [6, 6.07) is 3.86. The highest BCUT2D eigenvalue weighted by Crippen LogP contribution is 2.15. The van der Waals surface area contributed by atoms with Crippen LogP contribution >= 0.6 is 11.6 Å². The van der Waals surface area contributed by atoms with E-state index in [2.05, 4.69) is 11.9 Å². The highest BCUT2D eigenvalue weighted by Gasteiger charge is 2.02. The van der Waals surface area contributed by atoms with Crippen LogP contribution in [-0.4, -0.2) is 38.5 Å². The second kappa shape index (κ2) is 9.14. The average Bonchev–Trinajstić information content (AvgIpc) is 2.42. The molecule has 0 aliphatic rings. The first-order chi connectivity index (χ1) is 8.80. The maximum Gasteiger partial charge on any atom is 0.213 e. The number of halogens is 1. The van der Waals surface area contributed by atoms with Crippen LogP contribution in [0.2, 0.25) is 0 Å². The Morgan fingerprint density at radius 3 is 2.61 bits per heavy atom. The standard InChI is InChI=1S/C13H20ClNO3/c1-3-12-8-11(10-14)9-13(15-12)18-7-6-17-5-4-16-2/h8-9H,3-7,10H2,1-2H3. The van der Waals surface area contributed by atoms with Gasteiger partial charge < -0.3 is 14.2 Å². The largest absolute Gasteiger partial charge is 0.475 e. The summed E-state index contributed by atoms with van der Waals surface area (Å²) in [4.78, 5) is 4.37. The number of ether oxygens (including phenoxy) is 3. The summed E-state index contributed by atoms with van der Waals surface area (Å²) in [7, 11) is 1.65. The molecule has 0 unspecified atom stereocenters. The molecule has 0 aliphatic heterocycles. The molecule has 1 rings (SSSR count). The molecule has 0 saturated carbocycles. The monoisotopic (exact) mass is 273 g/mol. The minimum atomic E-state index is 0.468. The highest BCUT2D eigenvalue weighted by molar-refractivity contribution is 6.17. The number of hydrogen-bond donors (Lipinski definition) is 0. The van der Waals surface area contributed by atoms with Crippen molar-refractivity contribution < 1.29 is 14.2 Å². The number of aryl methyl sites for hydroxylation is 1. The lowest BCUT2D eigenvalue weighted by atomic mass is 10.2. The third-order valence-electron chi connectivity index (χ3n) is 2.34. The average molecular weight is 274 g/mol. The van der Waals surface area contributed by atoms with Crippen molar-refractivity contribution in [3.05, 3.63) is 23.4 Å². The van der Waals surface area contributed by atoms with Gasteiger partial charge in [0.15, 0.2) is 0 Å². The van der Waals surface area contributed by atoms with Crippen LogP contribution in [0.4, 0.5) is 0 Å². The van der Waals surface area contributed by atoms with Crippen molar-refractivity contribution in [3.63, 3.8) is 0 Å². The van der Waals surface area contributed by atoms with Gasteiger partial charge in [0.25, 0.3) is 0 Å². The molecule has 0 spiro atoms. The van der Waals surface area contributed by atoms with Crippen molar-refractivity contribution in [3.8, 4) is 5.88 Å². The maximum absolute atomic E-state index is 5.82. The van der Waals surface area contributed by atoms with E-state index in [9.17, 15) is 0 Å². The molecule has 5 heteroatoms. The maximum atomic E-state index is 5.82. The van der Waals surface area contributed by atoms with Crippen LogP contribution < -0.4 is 4.74 Å². The Labute approximate surface area is 113 Å². The molecule has 0 N–H and O–H groups in total. The Hall–Kier alpha value is -0.840. The second-order valence-electron chi connectivity index (χ2n) is 3.75. The molecular weight excluding hydrogens is 254 g/mol. The van der Waals surface area contributed by atoms with Crippen molar-refractivity contribution >= 4 is 11.6 Å². The van der Waals surface area contributed by atoms with E-state index >= 15 is 0 Å². The smallest absolute Gasteiger partial charge is 0.213 e. The summed E-state index contributed by atoms with van der Waals surface area (Å²) in [5.41, 5.74) is 2.02. The molecule has 1 aromatic rings. The lowest BCUT2D eigenvalue weighted by Gasteiger charge is -2.09. The predicted octanol–water partition coefficient (Wildman–Crippen LogP) is 2.42. The van der Waals surface area contributed by atoms with Gasteiger partial charge >= 0.3 is 0 Å². The van der Waals surface area contributed by atoms with Crippen LogP contribution in [0.1, 0.15) is 18.2 Å². The first kappa shape index (κ1) is 15.2. The molecule has 102 valence electrons. The van der Waals surface area contributed by atoms with Gasteiger partial charge in [-0.25, -0.2) is 4.98 Å². The van der Waals surface area contributed by atoms with Gasteiger partial charge in [0, 0.05) is 24.8 Å². The van der Waals surface area contributed by atoms with Gasteiger partial charge in [-0.05, 0) is 18.1 Å². The molecule has 0 bridgehead atoms. The normalized spacial score (nSPS) is 10.6. The Morgan fingerprint density at radius 2 is 1.94 bits per heavy atom. The van der Waals surface area contributed by atoms with Crippen molar-refractivity contribution in [2.24, 2.45) is 0 Å². The van der Waals surface area contributed by atoms with Gasteiger partial charge in [-0.1, -0.05) is 6.92 Å². The van der Waals surface area contributed by atoms with E-state index in [0.717, 1.165) is 17.7 Å². The van der Waals surface area contributed by atoms with Crippen molar-refractivity contribution in [2.75, 3.05) is 33.5 Å². The highest BCUT2D eigenvalue weighted by atomic mass is 35.5. The lowest BCUT2D eigenvalue weighted by Crippen LogP contribution is -2.11. The Bertz CT molecular complexity index is 325. The fourth-order valence-corrected chi connectivity index (χ4v) is 1.56. The number of nitrogens with zero attached hydrogens (tertiary/aromatic N) is 1. The minimum Gasteiger partial charge on any atom is -0.475 e. The van der Waals surface area contributed by atoms with Gasteiger partial charge in [-0.15, -0.1) is 11.6 Å². The summed E-state index contributed by atoms with van der Waals surface area (Å²) in [5, 5.41) is 0. The molecular formula is C13H20ClNO3. The minimum absolute atomic E-state index is 0.468. The molecule has 0 aliphatic carbocycles. The molecule has 1 heterocycles. The number of alkyl halides is 1. The zero-order valence-electron chi connectivity index (χ0n) is 10.9. The SMILES string of the molecule is CCc1cc(CCl)cc(OCCOCCOC)n1. The summed E-state index contributed by atoms with van der Waals surface area (Å²) < 4.78 is 15.7. The van der Waals surface area contributed by atoms with Crippen LogP contribution in [0.3, 0.4) is 0 Å². The molecule has 0 fully saturated rings. The zero-order chi connectivity index (χ0) is 13.2. The van der Waals surface area contributed by atoms with Gasteiger partial charge in [-0.2, -0.15) is 0 Å². The van der Waals surface area contributed by atoms with E-state index in [1.54, 1.807) is 7.11 Å². The quantitative estimate of drug-likeness (QED) is 0.512. The van der Waals surface area contributed by atoms with E-state index in [4.69, 9.17) is 25.8 Å². The Kier molecular flexibility index (Phi) is 7.73. The number of aromatic nitrogens is 1. The first-order valence-corrected chi connectivity index (χ1v) is 6.58. The van der Waals surface area contributed by atoms with Crippen LogP contribution in [0.25, 0.3) is 0 Å². The summed E-state index contributed by atoms with van der Waals surface area (Å²) in [6.45, 7) is 4.23. The zero-order valence-corrected chi connectivity index (χ0v) is 11.7. The molecule has 0 saturated heterocycles. The van der Waals surface area contributed by atoms with Crippen LogP contribution in [0, 0.1) is 0 Å². The Morgan fingerprint density at radius 1 is 1.17 bits per heavy atom. The van der Waals surface area contributed by atoms with Gasteiger partial charge in [-0.3, -0.25) is 0 Å². The van der Waals surface area contributed by atoms with Gasteiger partial charge in [0.2, 0.25) is 5.88 Å². The van der Waals surface area contributed by atoms with Crippen LogP contribution in [0.15, 0.2) is 12.1 Å². The third kappa shape index (κ3) is 5.67. The molecule has 18 heavy (non-hydrogen) atoms. The number of methoxy groups -OCH3 is 1. The number of rotatable bonds is 9. The second-order valence-corrected chi connectivity index (χ2v) is 4.01. The molecule has 0 atom stereocenters. The van der Waals surface area contributed by atoms with Crippen molar-refractivity contribution in [2.45, 2.75) is 19.2 Å². The van der Waals surface area contributed by atoms with E-state index < -0.39 is 0 Å². The van der Waals surface area contributed by atoms with E-state index in [1.807, 2.05) is 12.1 Å². The number of pyridine rings is 1. The topological polar surface area (TPSA) is 40.6 Å². The van der Waals surface area contributed by atoms with E-state index in [-0.39, 0.29) is 0 Å². The van der Waals surface area contributed by atoms with Crippen LogP contribution in [-0.2, 0) is 21.8 Å². The number of hydrogen-bond acceptors (Lipinski definition) is 4. The first-order valence-electron chi connectivity index (χ1n) is 6.05. The molecule has 0 aromatic carbocycles. The van der Waals surface area contributed by atoms with Crippen molar-refractivity contribution in [1.82, 2.24) is 4.98 Å². The van der Waals surface area contributed by atoms with Crippen molar-refractivity contribution in [1.29, 1.82) is 0 Å². The molecule has 4 nitrogen and oxygen atoms in total. The van der Waals surface area contributed by atoms with E-state index in [1.165, 1.54) is 0 Å². The molecule has 0 amide bonds. The van der Waals surface area contributed by atoms with Gasteiger partial charge in [0.05, 0.1) is 19.8 Å². The van der Waals surface area contributed by atoms with Crippen LogP contribution in [0.5, 0.6) is 5.88 Å². The summed E-state index contributed by atoms with van der Waals surface area (Å²) in [6.07, 6.45) is 0.866. The predicted molar refractivity (Wildman–Crippen MR) is 71.4 cm³/mol.